The van der Waals surface area contributed by atoms with E-state index in [1.807, 2.05) is 0 Å². The third kappa shape index (κ3) is 2.50. The largest absolute Gasteiger partial charge is 0.464 e. The first-order valence-electron chi connectivity index (χ1n) is 4.06. The molecule has 0 aromatic carbocycles. The van der Waals surface area contributed by atoms with Crippen LogP contribution in [0.3, 0.4) is 0 Å². The lowest BCUT2D eigenvalue weighted by Gasteiger charge is -2.25. The molecule has 1 aliphatic rings. The van der Waals surface area contributed by atoms with Gasteiger partial charge in [-0.1, -0.05) is 11.8 Å². The zero-order valence-electron chi connectivity index (χ0n) is 7.44. The lowest BCUT2D eigenvalue weighted by Crippen LogP contribution is -2.37. The number of nitrogens with zero attached hydrogens (tertiary/aromatic N) is 1. The maximum absolute atomic E-state index is 12.6. The van der Waals surface area contributed by atoms with Crippen LogP contribution in [0.15, 0.2) is 0 Å². The van der Waals surface area contributed by atoms with E-state index in [0.29, 0.717) is 19.4 Å². The number of likely N-dealkylation sites (tertiary alicyclic amines) is 1. The van der Waals surface area contributed by atoms with Gasteiger partial charge in [0.15, 0.2) is 0 Å². The fourth-order valence-electron chi connectivity index (χ4n) is 1.27. The number of hydrogen-bond donors (Lipinski definition) is 0. The summed E-state index contributed by atoms with van der Waals surface area (Å²) in [5, 5.41) is -5.37. The first-order chi connectivity index (χ1) is 6.24. The highest BCUT2D eigenvalue weighted by Gasteiger charge is 2.59. The fraction of sp³-hybridized carbons (Fsp3) is 1.00. The minimum absolute atomic E-state index is 0.308. The lowest BCUT2D eigenvalue weighted by molar-refractivity contribution is -0.238. The van der Waals surface area contributed by atoms with Crippen LogP contribution in [0.25, 0.3) is 0 Å². The minimum atomic E-state index is -5.46. The monoisotopic (exact) mass is 235 g/mol. The van der Waals surface area contributed by atoms with Crippen LogP contribution in [0.1, 0.15) is 12.8 Å². The molecule has 84 valence electrons. The van der Waals surface area contributed by atoms with Crippen LogP contribution in [-0.4, -0.2) is 35.3 Å². The van der Waals surface area contributed by atoms with Gasteiger partial charge in [0.1, 0.15) is 0 Å². The fourth-order valence-corrected chi connectivity index (χ4v) is 2.31. The Balaban J connectivity index is 2.58. The predicted molar refractivity (Wildman–Crippen MR) is 44.2 cm³/mol. The van der Waals surface area contributed by atoms with E-state index in [4.69, 9.17) is 0 Å². The van der Waals surface area contributed by atoms with Gasteiger partial charge in [-0.25, -0.2) is 0 Å². The van der Waals surface area contributed by atoms with Crippen LogP contribution in [0.2, 0.25) is 0 Å². The molecule has 0 aromatic rings. The smallest absolute Gasteiger partial charge is 0.294 e. The zero-order chi connectivity index (χ0) is 11.0. The number of rotatable bonds is 2. The molecule has 0 aliphatic carbocycles. The van der Waals surface area contributed by atoms with Gasteiger partial charge < -0.3 is 0 Å². The van der Waals surface area contributed by atoms with Gasteiger partial charge in [0.05, 0.1) is 5.37 Å². The number of halogens is 5. The summed E-state index contributed by atoms with van der Waals surface area (Å²) in [7, 11) is 1.55. The SMILES string of the molecule is CN1CCC[C@H]1SC(F)(F)C(F)(F)F. The number of alkyl halides is 5. The molecule has 0 saturated carbocycles. The van der Waals surface area contributed by atoms with E-state index in [9.17, 15) is 22.0 Å². The first kappa shape index (κ1) is 12.0. The highest BCUT2D eigenvalue weighted by molar-refractivity contribution is 8.00. The molecule has 1 aliphatic heterocycles. The highest BCUT2D eigenvalue weighted by atomic mass is 32.2. The zero-order valence-corrected chi connectivity index (χ0v) is 8.26. The van der Waals surface area contributed by atoms with Crippen LogP contribution >= 0.6 is 11.8 Å². The summed E-state index contributed by atoms with van der Waals surface area (Å²) < 4.78 is 60.6. The Morgan fingerprint density at radius 1 is 1.21 bits per heavy atom. The Morgan fingerprint density at radius 3 is 2.14 bits per heavy atom. The average Bonchev–Trinajstić information content (AvgIpc) is 2.33. The third-order valence-corrected chi connectivity index (χ3v) is 3.46. The Morgan fingerprint density at radius 2 is 1.79 bits per heavy atom. The van der Waals surface area contributed by atoms with Crippen molar-refractivity contribution in [2.24, 2.45) is 0 Å². The van der Waals surface area contributed by atoms with E-state index in [1.54, 1.807) is 7.05 Å². The van der Waals surface area contributed by atoms with Crippen molar-refractivity contribution in [1.82, 2.24) is 4.90 Å². The minimum Gasteiger partial charge on any atom is -0.294 e. The molecule has 0 aromatic heterocycles. The summed E-state index contributed by atoms with van der Waals surface area (Å²) in [5.74, 6) is 0. The van der Waals surface area contributed by atoms with E-state index in [2.05, 4.69) is 0 Å². The van der Waals surface area contributed by atoms with E-state index in [1.165, 1.54) is 4.90 Å². The molecule has 1 heterocycles. The second-order valence-electron chi connectivity index (χ2n) is 3.21. The normalized spacial score (nSPS) is 25.7. The van der Waals surface area contributed by atoms with Gasteiger partial charge in [-0.15, -0.1) is 0 Å². The van der Waals surface area contributed by atoms with Crippen molar-refractivity contribution in [3.8, 4) is 0 Å². The van der Waals surface area contributed by atoms with Gasteiger partial charge in [-0.3, -0.25) is 4.90 Å². The Kier molecular flexibility index (Phi) is 3.30. The summed E-state index contributed by atoms with van der Waals surface area (Å²) in [5.41, 5.74) is 0. The highest BCUT2D eigenvalue weighted by Crippen LogP contribution is 2.48. The summed E-state index contributed by atoms with van der Waals surface area (Å²) in [6.07, 6.45) is -4.41. The van der Waals surface area contributed by atoms with E-state index in [0.717, 1.165) is 0 Å². The first-order valence-corrected chi connectivity index (χ1v) is 4.94. The third-order valence-electron chi connectivity index (χ3n) is 2.07. The van der Waals surface area contributed by atoms with Crippen LogP contribution in [-0.2, 0) is 0 Å². The molecule has 0 amide bonds. The molecular weight excluding hydrogens is 225 g/mol. The van der Waals surface area contributed by atoms with Gasteiger partial charge in [0, 0.05) is 0 Å². The molecule has 1 atom stereocenters. The molecule has 14 heavy (non-hydrogen) atoms. The summed E-state index contributed by atoms with van der Waals surface area (Å²) >= 11 is -0.308. The van der Waals surface area contributed by atoms with Crippen LogP contribution in [0.4, 0.5) is 22.0 Å². The topological polar surface area (TPSA) is 3.24 Å². The molecule has 1 fully saturated rings. The summed E-state index contributed by atoms with van der Waals surface area (Å²) in [4.78, 5) is 1.52. The van der Waals surface area contributed by atoms with Crippen molar-refractivity contribution in [2.45, 2.75) is 29.6 Å². The van der Waals surface area contributed by atoms with Crippen molar-refractivity contribution in [3.63, 3.8) is 0 Å². The van der Waals surface area contributed by atoms with Crippen molar-refractivity contribution in [3.05, 3.63) is 0 Å². The number of thioether (sulfide) groups is 1. The molecule has 0 radical (unpaired) electrons. The quantitative estimate of drug-likeness (QED) is 0.677. The second kappa shape index (κ2) is 3.84. The van der Waals surface area contributed by atoms with Crippen molar-refractivity contribution in [2.75, 3.05) is 13.6 Å². The summed E-state index contributed by atoms with van der Waals surface area (Å²) in [6.45, 7) is 0.575. The van der Waals surface area contributed by atoms with Crippen LogP contribution in [0.5, 0.6) is 0 Å². The average molecular weight is 235 g/mol. The Hall–Kier alpha value is -0.0400. The lowest BCUT2D eigenvalue weighted by atomic mass is 10.4. The molecule has 0 unspecified atom stereocenters. The number of hydrogen-bond acceptors (Lipinski definition) is 2. The van der Waals surface area contributed by atoms with Crippen LogP contribution in [0, 0.1) is 0 Å². The van der Waals surface area contributed by atoms with Gasteiger partial charge in [-0.05, 0) is 26.4 Å². The summed E-state index contributed by atoms with van der Waals surface area (Å²) in [6, 6.07) is 0. The van der Waals surface area contributed by atoms with E-state index in [-0.39, 0.29) is 11.8 Å². The molecule has 1 rings (SSSR count). The molecule has 1 nitrogen and oxygen atoms in total. The molecular formula is C7H10F5NS. The van der Waals surface area contributed by atoms with Crippen molar-refractivity contribution < 1.29 is 22.0 Å². The van der Waals surface area contributed by atoms with Gasteiger partial charge in [0.25, 0.3) is 0 Å². The van der Waals surface area contributed by atoms with Gasteiger partial charge >= 0.3 is 11.4 Å². The molecule has 1 saturated heterocycles. The molecule has 0 spiro atoms. The standard InChI is InChI=1S/C7H10F5NS/c1-13-4-2-3-5(13)14-7(11,12)6(8,9)10/h5H,2-4H2,1H3/t5-/m1/s1. The molecule has 7 heteroatoms. The van der Waals surface area contributed by atoms with Crippen LogP contribution < -0.4 is 0 Å². The van der Waals surface area contributed by atoms with Gasteiger partial charge in [-0.2, -0.15) is 22.0 Å². The Bertz CT molecular complexity index is 205. The maximum Gasteiger partial charge on any atom is 0.464 e. The predicted octanol–water partition coefficient (Wildman–Crippen LogP) is 2.93. The van der Waals surface area contributed by atoms with E-state index >= 15 is 0 Å². The van der Waals surface area contributed by atoms with Gasteiger partial charge in [0.2, 0.25) is 0 Å². The molecule has 0 bridgehead atoms. The second-order valence-corrected chi connectivity index (χ2v) is 4.50. The maximum atomic E-state index is 12.6. The van der Waals surface area contributed by atoms with Crippen molar-refractivity contribution >= 4 is 11.8 Å². The van der Waals surface area contributed by atoms with Crippen molar-refractivity contribution in [1.29, 1.82) is 0 Å². The van der Waals surface area contributed by atoms with E-state index < -0.39 is 16.8 Å². The molecule has 0 N–H and O–H groups in total. The Labute approximate surface area is 82.6 Å².